The Hall–Kier alpha value is -3.84. The van der Waals surface area contributed by atoms with Crippen molar-refractivity contribution in [2.45, 2.75) is 145 Å². The molecule has 0 aromatic heterocycles. The minimum Gasteiger partial charge on any atom is -0.507 e. The van der Waals surface area contributed by atoms with Crippen molar-refractivity contribution in [1.82, 2.24) is 4.90 Å². The molecule has 0 radical (unpaired) electrons. The zero-order chi connectivity index (χ0) is 42.0. The third kappa shape index (κ3) is 7.36. The number of esters is 1. The number of fused-ring (bicyclic) bond motifs is 3. The molecule has 3 heterocycles. The van der Waals surface area contributed by atoms with E-state index in [0.717, 1.165) is 7.11 Å². The summed E-state index contributed by atoms with van der Waals surface area (Å²) in [7, 11) is 4.84. The van der Waals surface area contributed by atoms with Crippen LogP contribution in [0.4, 0.5) is 0 Å². The number of phenols is 2. The first-order chi connectivity index (χ1) is 27.5. The molecule has 13 atom stereocenters. The number of carbonyl (C=O) groups excluding carboxylic acids is 4. The highest BCUT2D eigenvalue weighted by Gasteiger charge is 2.55. The lowest BCUT2D eigenvalue weighted by molar-refractivity contribution is -0.324. The summed E-state index contributed by atoms with van der Waals surface area (Å²) in [5, 5.41) is 47.2. The van der Waals surface area contributed by atoms with Crippen molar-refractivity contribution in [2.75, 3.05) is 21.2 Å². The highest BCUT2D eigenvalue weighted by Crippen LogP contribution is 2.57. The minimum atomic E-state index is -1.88. The second kappa shape index (κ2) is 16.3. The Morgan fingerprint density at radius 1 is 0.845 bits per heavy atom. The number of ketones is 3. The number of phenolic OH excluding ortho intramolecular Hbond substituents is 2. The Labute approximate surface area is 336 Å². The molecule has 0 unspecified atom stereocenters. The summed E-state index contributed by atoms with van der Waals surface area (Å²) >= 11 is 0. The number of ether oxygens (including phenoxy) is 7. The minimum absolute atomic E-state index is 0.00332. The summed E-state index contributed by atoms with van der Waals surface area (Å²) in [6, 6.07) is 5.69. The quantitative estimate of drug-likeness (QED) is 0.180. The fourth-order valence-corrected chi connectivity index (χ4v) is 9.28. The SMILES string of the molecule is CC[C@@]1(O)C[C@H](O[C@H]2C[C@H](N(C)C)[C@H](O[C@H]3C[C@H](O)[C@H](O[C@H]4CCC(=O)[C@H](C)O4)[C@H](C)O3)[C@H](C)O2)c2c(O)c3c(c(O)c2[C@H]1C(=O)OC)C(=O)c1ccccc1C3=O. The van der Waals surface area contributed by atoms with Gasteiger partial charge in [-0.1, -0.05) is 31.2 Å². The maximum atomic E-state index is 13.9. The zero-order valence-corrected chi connectivity index (χ0v) is 33.7. The van der Waals surface area contributed by atoms with Crippen LogP contribution in [0.25, 0.3) is 0 Å². The molecule has 2 aliphatic carbocycles. The van der Waals surface area contributed by atoms with E-state index in [9.17, 15) is 39.6 Å². The predicted molar refractivity (Wildman–Crippen MR) is 201 cm³/mol. The number of likely N-dealkylation sites (N-methyl/N-ethyl adjacent to an activating group) is 1. The van der Waals surface area contributed by atoms with Gasteiger partial charge < -0.3 is 58.5 Å². The number of rotatable bonds is 9. The van der Waals surface area contributed by atoms with Gasteiger partial charge in [-0.15, -0.1) is 0 Å². The van der Waals surface area contributed by atoms with Crippen molar-refractivity contribution in [2.24, 2.45) is 0 Å². The predicted octanol–water partition coefficient (Wildman–Crippen LogP) is 3.16. The topological polar surface area (TPSA) is 217 Å². The summed E-state index contributed by atoms with van der Waals surface area (Å²) in [6.45, 7) is 6.88. The number of aliphatic hydroxyl groups excluding tert-OH is 1. The molecule has 5 aliphatic rings. The first kappa shape index (κ1) is 42.3. The van der Waals surface area contributed by atoms with E-state index in [2.05, 4.69) is 0 Å². The van der Waals surface area contributed by atoms with Crippen molar-refractivity contribution in [3.8, 4) is 11.5 Å². The van der Waals surface area contributed by atoms with Crippen molar-refractivity contribution in [3.05, 3.63) is 57.6 Å². The molecule has 4 N–H and O–H groups in total. The van der Waals surface area contributed by atoms with Crippen LogP contribution >= 0.6 is 0 Å². The first-order valence-electron chi connectivity index (χ1n) is 19.9. The Morgan fingerprint density at radius 3 is 1.97 bits per heavy atom. The second-order valence-corrected chi connectivity index (χ2v) is 16.2. The first-order valence-corrected chi connectivity index (χ1v) is 19.9. The summed E-state index contributed by atoms with van der Waals surface area (Å²) < 4.78 is 42.5. The molecular formula is C42H53NO15. The molecule has 2 aromatic carbocycles. The van der Waals surface area contributed by atoms with Gasteiger partial charge in [0.2, 0.25) is 0 Å². The van der Waals surface area contributed by atoms with Crippen LogP contribution in [-0.2, 0) is 42.7 Å². The van der Waals surface area contributed by atoms with Gasteiger partial charge in [0.25, 0.3) is 0 Å². The highest BCUT2D eigenvalue weighted by molar-refractivity contribution is 6.30. The van der Waals surface area contributed by atoms with Gasteiger partial charge in [0.05, 0.1) is 48.3 Å². The van der Waals surface area contributed by atoms with Crippen molar-refractivity contribution < 1.29 is 72.8 Å². The number of nitrogens with zero attached hydrogens (tertiary/aromatic N) is 1. The molecular weight excluding hydrogens is 758 g/mol. The molecule has 0 amide bonds. The number of aromatic hydroxyl groups is 2. The van der Waals surface area contributed by atoms with Crippen LogP contribution in [0.3, 0.4) is 0 Å². The van der Waals surface area contributed by atoms with E-state index in [1.54, 1.807) is 39.8 Å². The van der Waals surface area contributed by atoms with Crippen LogP contribution in [0.2, 0.25) is 0 Å². The van der Waals surface area contributed by atoms with E-state index in [1.807, 2.05) is 19.0 Å². The van der Waals surface area contributed by atoms with E-state index in [4.69, 9.17) is 33.2 Å². The van der Waals surface area contributed by atoms with E-state index >= 15 is 0 Å². The van der Waals surface area contributed by atoms with Crippen LogP contribution in [0.15, 0.2) is 24.3 Å². The highest BCUT2D eigenvalue weighted by atomic mass is 16.7. The lowest BCUT2D eigenvalue weighted by Crippen LogP contribution is -2.58. The van der Waals surface area contributed by atoms with Gasteiger partial charge in [-0.25, -0.2) is 0 Å². The molecule has 3 aliphatic heterocycles. The molecule has 2 aromatic rings. The monoisotopic (exact) mass is 811 g/mol. The van der Waals surface area contributed by atoms with Gasteiger partial charge in [0, 0.05) is 60.4 Å². The summed E-state index contributed by atoms with van der Waals surface area (Å²) in [6.07, 6.45) is -7.05. The van der Waals surface area contributed by atoms with Gasteiger partial charge in [-0.2, -0.15) is 0 Å². The number of benzene rings is 2. The van der Waals surface area contributed by atoms with Gasteiger partial charge in [-0.05, 0) is 41.3 Å². The Morgan fingerprint density at radius 2 is 1.41 bits per heavy atom. The maximum Gasteiger partial charge on any atom is 0.316 e. The zero-order valence-electron chi connectivity index (χ0n) is 33.7. The molecule has 0 bridgehead atoms. The van der Waals surface area contributed by atoms with Crippen LogP contribution in [0, 0.1) is 0 Å². The van der Waals surface area contributed by atoms with Crippen molar-refractivity contribution in [1.29, 1.82) is 0 Å². The Kier molecular flexibility index (Phi) is 11.9. The normalized spacial score (nSPS) is 36.3. The fourth-order valence-electron chi connectivity index (χ4n) is 9.28. The van der Waals surface area contributed by atoms with Crippen LogP contribution in [0.5, 0.6) is 11.5 Å². The lowest BCUT2D eigenvalue weighted by atomic mass is 9.66. The van der Waals surface area contributed by atoms with Gasteiger partial charge in [-0.3, -0.25) is 19.2 Å². The number of methoxy groups -OCH3 is 1. The van der Waals surface area contributed by atoms with Crippen molar-refractivity contribution in [3.63, 3.8) is 0 Å². The molecule has 3 saturated heterocycles. The second-order valence-electron chi connectivity index (χ2n) is 16.2. The number of aliphatic hydroxyl groups is 2. The molecule has 0 spiro atoms. The summed E-state index contributed by atoms with van der Waals surface area (Å²) in [5.41, 5.74) is -3.11. The Balaban J connectivity index is 1.14. The van der Waals surface area contributed by atoms with Gasteiger partial charge in [0.15, 0.2) is 36.2 Å². The average molecular weight is 812 g/mol. The molecule has 7 rings (SSSR count). The molecule has 316 valence electrons. The Bertz CT molecular complexity index is 1940. The van der Waals surface area contributed by atoms with Crippen molar-refractivity contribution >= 4 is 23.3 Å². The molecule has 16 nitrogen and oxygen atoms in total. The van der Waals surface area contributed by atoms with E-state index in [0.29, 0.717) is 12.8 Å². The molecule has 58 heavy (non-hydrogen) atoms. The fraction of sp³-hybridized carbons (Fsp3) is 0.619. The third-order valence-corrected chi connectivity index (χ3v) is 12.4. The number of carbonyl (C=O) groups is 4. The van der Waals surface area contributed by atoms with E-state index < -0.39 is 113 Å². The lowest BCUT2D eigenvalue weighted by Gasteiger charge is -2.48. The van der Waals surface area contributed by atoms with Crippen LogP contribution in [0.1, 0.15) is 121 Å². The number of Topliss-reactive ketones (excluding diaryl/α,β-unsaturated/α-hetero) is 1. The smallest absolute Gasteiger partial charge is 0.316 e. The number of hydrogen-bond acceptors (Lipinski definition) is 16. The maximum absolute atomic E-state index is 13.9. The molecule has 3 fully saturated rings. The van der Waals surface area contributed by atoms with Gasteiger partial charge in [0.1, 0.15) is 35.7 Å². The molecule has 16 heteroatoms. The van der Waals surface area contributed by atoms with Gasteiger partial charge >= 0.3 is 5.97 Å². The third-order valence-electron chi connectivity index (χ3n) is 12.4. The van der Waals surface area contributed by atoms with E-state index in [1.165, 1.54) is 12.1 Å². The standard InChI is InChI=1S/C42H53NO15/c1-8-42(51)17-26(30-31(34(42)41(50)52-7)38(49)33-32(37(30)48)35(46)21-11-9-10-12-22(21)36(33)47)56-28-15-23(43(5)6)39(19(3)54-28)58-29-16-25(45)40(20(4)55-29)57-27-14-13-24(44)18(2)53-27/h9-12,18-20,23,25-29,34,39-40,45,48-49,51H,8,13-17H2,1-7H3/t18-,19-,20-,23-,25-,26-,27-,28-,29-,34-,39+,40+,42+/m0/s1. The molecule has 0 saturated carbocycles. The van der Waals surface area contributed by atoms with Crippen LogP contribution in [-0.4, -0.2) is 137 Å². The summed E-state index contributed by atoms with van der Waals surface area (Å²) in [5.74, 6) is -5.26. The average Bonchev–Trinajstić information content (AvgIpc) is 3.18. The van der Waals surface area contributed by atoms with E-state index in [-0.39, 0.29) is 59.8 Å². The summed E-state index contributed by atoms with van der Waals surface area (Å²) in [4.78, 5) is 55.0. The largest absolute Gasteiger partial charge is 0.507 e. The number of hydrogen-bond donors (Lipinski definition) is 4. The van der Waals surface area contributed by atoms with Crippen LogP contribution < -0.4 is 0 Å².